The van der Waals surface area contributed by atoms with Gasteiger partial charge in [0.25, 0.3) is 0 Å². The number of esters is 1. The third-order valence-corrected chi connectivity index (χ3v) is 4.37. The van der Waals surface area contributed by atoms with Gasteiger partial charge in [-0.05, 0) is 57.0 Å². The number of nitrogens with zero attached hydrogens (tertiary/aromatic N) is 1. The van der Waals surface area contributed by atoms with Crippen LogP contribution in [0.4, 0.5) is 0 Å². The summed E-state index contributed by atoms with van der Waals surface area (Å²) >= 11 is 3.35. The number of halogens is 1. The molecule has 0 saturated carbocycles. The average Bonchev–Trinajstić information content (AvgIpc) is 2.46. The molecule has 1 heterocycles. The number of piperidine rings is 1. The molecular formula is C16H22BrNO2. The van der Waals surface area contributed by atoms with E-state index in [0.29, 0.717) is 18.2 Å². The lowest BCUT2D eigenvalue weighted by Crippen LogP contribution is -2.38. The quantitative estimate of drug-likeness (QED) is 0.602. The minimum Gasteiger partial charge on any atom is -0.462 e. The zero-order valence-electron chi connectivity index (χ0n) is 12.0. The summed E-state index contributed by atoms with van der Waals surface area (Å²) in [6.07, 6.45) is 4.84. The van der Waals surface area contributed by atoms with Crippen molar-refractivity contribution in [1.29, 1.82) is 0 Å². The van der Waals surface area contributed by atoms with Crippen LogP contribution in [0, 0.1) is 0 Å². The standard InChI is InChI=1S/C16H22BrNO2/c1-13-5-2-3-10-18(13)11-4-12-20-16(19)14-6-8-15(17)9-7-14/h6-9,13H,2-5,10-12H2,1H3. The lowest BCUT2D eigenvalue weighted by atomic mass is 10.0. The molecule has 0 radical (unpaired) electrons. The molecule has 0 N–H and O–H groups in total. The zero-order chi connectivity index (χ0) is 14.4. The van der Waals surface area contributed by atoms with Gasteiger partial charge in [-0.15, -0.1) is 0 Å². The van der Waals surface area contributed by atoms with Crippen LogP contribution in [-0.2, 0) is 4.74 Å². The van der Waals surface area contributed by atoms with E-state index in [4.69, 9.17) is 4.74 Å². The molecule has 2 rings (SSSR count). The van der Waals surface area contributed by atoms with Gasteiger partial charge in [0.2, 0.25) is 0 Å². The Morgan fingerprint density at radius 1 is 1.35 bits per heavy atom. The normalized spacial score (nSPS) is 19.8. The third-order valence-electron chi connectivity index (χ3n) is 3.84. The number of ether oxygens (including phenoxy) is 1. The first-order valence-corrected chi connectivity index (χ1v) is 8.13. The Kier molecular flexibility index (Phi) is 6.05. The van der Waals surface area contributed by atoms with Crippen LogP contribution in [0.5, 0.6) is 0 Å². The second-order valence-corrected chi connectivity index (χ2v) is 6.29. The largest absolute Gasteiger partial charge is 0.462 e. The molecule has 1 aromatic rings. The molecule has 1 saturated heterocycles. The first-order valence-electron chi connectivity index (χ1n) is 7.33. The minimum absolute atomic E-state index is 0.232. The fourth-order valence-electron chi connectivity index (χ4n) is 2.59. The van der Waals surface area contributed by atoms with Crippen molar-refractivity contribution in [2.24, 2.45) is 0 Å². The van der Waals surface area contributed by atoms with Gasteiger partial charge in [-0.25, -0.2) is 4.79 Å². The van der Waals surface area contributed by atoms with Crippen LogP contribution in [0.15, 0.2) is 28.7 Å². The Morgan fingerprint density at radius 2 is 2.10 bits per heavy atom. The molecule has 0 spiro atoms. The van der Waals surface area contributed by atoms with E-state index in [-0.39, 0.29) is 5.97 Å². The van der Waals surface area contributed by atoms with E-state index in [0.717, 1.165) is 17.4 Å². The molecule has 0 bridgehead atoms. The third kappa shape index (κ3) is 4.60. The summed E-state index contributed by atoms with van der Waals surface area (Å²) in [4.78, 5) is 14.3. The average molecular weight is 340 g/mol. The van der Waals surface area contributed by atoms with Crippen LogP contribution in [0.3, 0.4) is 0 Å². The van der Waals surface area contributed by atoms with Crippen LogP contribution in [0.2, 0.25) is 0 Å². The molecule has 4 heteroatoms. The van der Waals surface area contributed by atoms with Gasteiger partial charge in [0.15, 0.2) is 0 Å². The Bertz CT molecular complexity index is 433. The fraction of sp³-hybridized carbons (Fsp3) is 0.562. The van der Waals surface area contributed by atoms with Gasteiger partial charge in [-0.1, -0.05) is 22.4 Å². The van der Waals surface area contributed by atoms with Gasteiger partial charge >= 0.3 is 5.97 Å². The fourth-order valence-corrected chi connectivity index (χ4v) is 2.86. The molecular weight excluding hydrogens is 318 g/mol. The van der Waals surface area contributed by atoms with Crippen molar-refractivity contribution >= 4 is 21.9 Å². The van der Waals surface area contributed by atoms with Gasteiger partial charge in [0.05, 0.1) is 12.2 Å². The summed E-state index contributed by atoms with van der Waals surface area (Å²) in [7, 11) is 0. The maximum absolute atomic E-state index is 11.8. The molecule has 1 aliphatic rings. The predicted molar refractivity (Wildman–Crippen MR) is 83.9 cm³/mol. The van der Waals surface area contributed by atoms with Crippen LogP contribution < -0.4 is 0 Å². The van der Waals surface area contributed by atoms with E-state index in [2.05, 4.69) is 27.8 Å². The first-order chi connectivity index (χ1) is 9.66. The summed E-state index contributed by atoms with van der Waals surface area (Å²) in [5.41, 5.74) is 0.611. The molecule has 1 atom stereocenters. The van der Waals surface area contributed by atoms with Crippen LogP contribution >= 0.6 is 15.9 Å². The van der Waals surface area contributed by atoms with Gasteiger partial charge < -0.3 is 9.64 Å². The lowest BCUT2D eigenvalue weighted by molar-refractivity contribution is 0.0475. The highest BCUT2D eigenvalue weighted by molar-refractivity contribution is 9.10. The van der Waals surface area contributed by atoms with E-state index in [1.165, 1.54) is 25.8 Å². The van der Waals surface area contributed by atoms with E-state index < -0.39 is 0 Å². The molecule has 0 aromatic heterocycles. The Labute approximate surface area is 129 Å². The predicted octanol–water partition coefficient (Wildman–Crippen LogP) is 3.87. The van der Waals surface area contributed by atoms with E-state index in [9.17, 15) is 4.79 Å². The van der Waals surface area contributed by atoms with Crippen molar-refractivity contribution < 1.29 is 9.53 Å². The summed E-state index contributed by atoms with van der Waals surface area (Å²) < 4.78 is 6.28. The Morgan fingerprint density at radius 3 is 2.80 bits per heavy atom. The van der Waals surface area contributed by atoms with Crippen LogP contribution in [0.25, 0.3) is 0 Å². The van der Waals surface area contributed by atoms with Crippen molar-refractivity contribution in [2.75, 3.05) is 19.7 Å². The highest BCUT2D eigenvalue weighted by Gasteiger charge is 2.17. The number of hydrogen-bond acceptors (Lipinski definition) is 3. The van der Waals surface area contributed by atoms with Crippen molar-refractivity contribution in [1.82, 2.24) is 4.90 Å². The van der Waals surface area contributed by atoms with Crippen molar-refractivity contribution in [2.45, 2.75) is 38.6 Å². The minimum atomic E-state index is -0.232. The number of carbonyl (C=O) groups excluding carboxylic acids is 1. The molecule has 0 aliphatic carbocycles. The summed E-state index contributed by atoms with van der Waals surface area (Å²) in [5, 5.41) is 0. The molecule has 1 aromatic carbocycles. The van der Waals surface area contributed by atoms with E-state index >= 15 is 0 Å². The SMILES string of the molecule is CC1CCCCN1CCCOC(=O)c1ccc(Br)cc1. The maximum atomic E-state index is 11.8. The zero-order valence-corrected chi connectivity index (χ0v) is 13.6. The topological polar surface area (TPSA) is 29.5 Å². The van der Waals surface area contributed by atoms with Gasteiger partial charge in [0, 0.05) is 17.1 Å². The van der Waals surface area contributed by atoms with Gasteiger partial charge in [-0.2, -0.15) is 0 Å². The molecule has 1 unspecified atom stereocenters. The first kappa shape index (κ1) is 15.5. The van der Waals surface area contributed by atoms with Gasteiger partial charge in [-0.3, -0.25) is 0 Å². The van der Waals surface area contributed by atoms with Crippen molar-refractivity contribution in [3.05, 3.63) is 34.3 Å². The number of rotatable bonds is 5. The van der Waals surface area contributed by atoms with Crippen LogP contribution in [0.1, 0.15) is 43.0 Å². The lowest BCUT2D eigenvalue weighted by Gasteiger charge is -2.33. The molecule has 3 nitrogen and oxygen atoms in total. The summed E-state index contributed by atoms with van der Waals surface area (Å²) in [6.45, 7) is 4.99. The van der Waals surface area contributed by atoms with Crippen molar-refractivity contribution in [3.63, 3.8) is 0 Å². The smallest absolute Gasteiger partial charge is 0.338 e. The second kappa shape index (κ2) is 7.79. The molecule has 0 amide bonds. The highest BCUT2D eigenvalue weighted by Crippen LogP contribution is 2.16. The maximum Gasteiger partial charge on any atom is 0.338 e. The Balaban J connectivity index is 1.67. The van der Waals surface area contributed by atoms with Crippen LogP contribution in [-0.4, -0.2) is 36.6 Å². The van der Waals surface area contributed by atoms with Crippen molar-refractivity contribution in [3.8, 4) is 0 Å². The number of carbonyl (C=O) groups is 1. The number of likely N-dealkylation sites (tertiary alicyclic amines) is 1. The number of benzene rings is 1. The van der Waals surface area contributed by atoms with Gasteiger partial charge in [0.1, 0.15) is 0 Å². The molecule has 1 aliphatic heterocycles. The second-order valence-electron chi connectivity index (χ2n) is 5.38. The molecule has 110 valence electrons. The molecule has 1 fully saturated rings. The summed E-state index contributed by atoms with van der Waals surface area (Å²) in [6, 6.07) is 7.93. The van der Waals surface area contributed by atoms with E-state index in [1.54, 1.807) is 12.1 Å². The molecule has 20 heavy (non-hydrogen) atoms. The van der Waals surface area contributed by atoms with E-state index in [1.807, 2.05) is 12.1 Å². The Hall–Kier alpha value is -0.870. The highest BCUT2D eigenvalue weighted by atomic mass is 79.9. The monoisotopic (exact) mass is 339 g/mol. The number of hydrogen-bond donors (Lipinski definition) is 0. The summed E-state index contributed by atoms with van der Waals surface area (Å²) in [5.74, 6) is -0.232.